The highest BCUT2D eigenvalue weighted by molar-refractivity contribution is 5.51. The summed E-state index contributed by atoms with van der Waals surface area (Å²) in [5.41, 5.74) is 4.39. The summed E-state index contributed by atoms with van der Waals surface area (Å²) in [5, 5.41) is 9.89. The molecular formula is C21H24O3. The van der Waals surface area contributed by atoms with Gasteiger partial charge in [-0.25, -0.2) is 0 Å². The average molecular weight is 324 g/mol. The monoisotopic (exact) mass is 324 g/mol. The fourth-order valence-electron chi connectivity index (χ4n) is 3.98. The van der Waals surface area contributed by atoms with Crippen LogP contribution in [0.1, 0.15) is 54.4 Å². The molecular weight excluding hydrogens is 300 g/mol. The van der Waals surface area contributed by atoms with Gasteiger partial charge >= 0.3 is 0 Å². The van der Waals surface area contributed by atoms with E-state index in [-0.39, 0.29) is 5.41 Å². The highest BCUT2D eigenvalue weighted by Gasteiger charge is 2.36. The molecule has 0 radical (unpaired) electrons. The molecule has 2 aromatic carbocycles. The van der Waals surface area contributed by atoms with Crippen LogP contribution in [0.2, 0.25) is 0 Å². The van der Waals surface area contributed by atoms with Crippen LogP contribution >= 0.6 is 0 Å². The zero-order chi connectivity index (χ0) is 17.2. The van der Waals surface area contributed by atoms with Gasteiger partial charge in [-0.1, -0.05) is 43.5 Å². The van der Waals surface area contributed by atoms with Gasteiger partial charge in [-0.15, -0.1) is 0 Å². The van der Waals surface area contributed by atoms with E-state index in [9.17, 15) is 9.90 Å². The molecule has 24 heavy (non-hydrogen) atoms. The van der Waals surface area contributed by atoms with E-state index in [1.54, 1.807) is 6.07 Å². The minimum atomic E-state index is -0.0266. The zero-order valence-corrected chi connectivity index (χ0v) is 14.3. The maximum Gasteiger partial charge on any atom is 0.298 e. The number of aromatic hydroxyl groups is 1. The van der Waals surface area contributed by atoms with Crippen molar-refractivity contribution < 1.29 is 14.6 Å². The van der Waals surface area contributed by atoms with Crippen LogP contribution in [0.25, 0.3) is 0 Å². The zero-order valence-electron chi connectivity index (χ0n) is 14.3. The molecule has 1 aliphatic rings. The van der Waals surface area contributed by atoms with Crippen LogP contribution in [-0.4, -0.2) is 11.6 Å². The number of carbonyl (C=O) groups excluding carboxylic acids is 1. The molecule has 0 spiro atoms. The van der Waals surface area contributed by atoms with Gasteiger partial charge in [0.1, 0.15) is 11.5 Å². The quantitative estimate of drug-likeness (QED) is 0.822. The highest BCUT2D eigenvalue weighted by atomic mass is 16.5. The van der Waals surface area contributed by atoms with E-state index in [2.05, 4.69) is 24.3 Å². The molecule has 0 amide bonds. The Morgan fingerprint density at radius 3 is 2.17 bits per heavy atom. The smallest absolute Gasteiger partial charge is 0.298 e. The predicted molar refractivity (Wildman–Crippen MR) is 94.6 cm³/mol. The Morgan fingerprint density at radius 2 is 1.58 bits per heavy atom. The van der Waals surface area contributed by atoms with Gasteiger partial charge in [-0.2, -0.15) is 0 Å². The van der Waals surface area contributed by atoms with E-state index >= 15 is 0 Å². The Labute approximate surface area is 143 Å². The third-order valence-electron chi connectivity index (χ3n) is 5.36. The number of phenolic OH excluding ortho intramolecular Hbond substituents is 1. The Balaban J connectivity index is 2.10. The maximum atomic E-state index is 10.6. The fraction of sp³-hybridized carbons (Fsp3) is 0.381. The van der Waals surface area contributed by atoms with Crippen molar-refractivity contribution in [3.05, 3.63) is 58.7 Å². The van der Waals surface area contributed by atoms with Gasteiger partial charge in [-0.05, 0) is 61.1 Å². The number of phenols is 1. The standard InChI is InChI=1S/C21H24O3/c1-15-12-17(6-8-19(15)23)21(10-4-3-5-11-21)18-7-9-20(24-14-22)16(2)13-18/h6-9,12-14,23H,3-5,10-11H2,1-2H3. The van der Waals surface area contributed by atoms with Crippen LogP contribution in [0, 0.1) is 13.8 Å². The molecule has 0 unspecified atom stereocenters. The third kappa shape index (κ3) is 2.91. The maximum absolute atomic E-state index is 10.6. The van der Waals surface area contributed by atoms with Crippen molar-refractivity contribution in [3.63, 3.8) is 0 Å². The second kappa shape index (κ2) is 6.68. The molecule has 1 saturated carbocycles. The average Bonchev–Trinajstić information content (AvgIpc) is 2.60. The second-order valence-corrected chi connectivity index (χ2v) is 6.84. The van der Waals surface area contributed by atoms with E-state index in [0.717, 1.165) is 24.0 Å². The van der Waals surface area contributed by atoms with Crippen molar-refractivity contribution in [1.29, 1.82) is 0 Å². The SMILES string of the molecule is Cc1cc(C2(c3ccc(OC=O)c(C)c3)CCCCC2)ccc1O. The van der Waals surface area contributed by atoms with Gasteiger partial charge in [0, 0.05) is 5.41 Å². The molecule has 0 heterocycles. The third-order valence-corrected chi connectivity index (χ3v) is 5.36. The van der Waals surface area contributed by atoms with Crippen LogP contribution in [0.3, 0.4) is 0 Å². The number of carbonyl (C=O) groups is 1. The summed E-state index contributed by atoms with van der Waals surface area (Å²) in [6, 6.07) is 12.1. The largest absolute Gasteiger partial charge is 0.508 e. The molecule has 3 nitrogen and oxygen atoms in total. The number of hydrogen-bond acceptors (Lipinski definition) is 3. The van der Waals surface area contributed by atoms with Crippen molar-refractivity contribution in [3.8, 4) is 11.5 Å². The van der Waals surface area contributed by atoms with Crippen LogP contribution in [0.15, 0.2) is 36.4 Å². The lowest BCUT2D eigenvalue weighted by atomic mass is 9.65. The van der Waals surface area contributed by atoms with Gasteiger partial charge in [0.05, 0.1) is 0 Å². The van der Waals surface area contributed by atoms with Crippen LogP contribution in [-0.2, 0) is 10.2 Å². The molecule has 0 bridgehead atoms. The van der Waals surface area contributed by atoms with Gasteiger partial charge in [0.25, 0.3) is 6.47 Å². The molecule has 126 valence electrons. The number of aryl methyl sites for hydroxylation is 2. The summed E-state index contributed by atoms with van der Waals surface area (Å²) in [5.74, 6) is 0.956. The number of ether oxygens (including phenoxy) is 1. The van der Waals surface area contributed by atoms with Crippen molar-refractivity contribution in [2.24, 2.45) is 0 Å². The van der Waals surface area contributed by atoms with Gasteiger partial charge in [-0.3, -0.25) is 4.79 Å². The Hall–Kier alpha value is -2.29. The molecule has 1 fully saturated rings. The van der Waals surface area contributed by atoms with E-state index in [4.69, 9.17) is 4.74 Å². The van der Waals surface area contributed by atoms with Crippen LogP contribution in [0.5, 0.6) is 11.5 Å². The fourth-order valence-corrected chi connectivity index (χ4v) is 3.98. The molecule has 1 aliphatic carbocycles. The van der Waals surface area contributed by atoms with E-state index in [1.165, 1.54) is 30.4 Å². The highest BCUT2D eigenvalue weighted by Crippen LogP contribution is 2.46. The summed E-state index contributed by atoms with van der Waals surface area (Å²) < 4.78 is 5.04. The predicted octanol–water partition coefficient (Wildman–Crippen LogP) is 4.79. The van der Waals surface area contributed by atoms with E-state index < -0.39 is 0 Å². The first-order valence-electron chi connectivity index (χ1n) is 8.58. The number of benzene rings is 2. The van der Waals surface area contributed by atoms with Crippen LogP contribution in [0.4, 0.5) is 0 Å². The lowest BCUT2D eigenvalue weighted by Crippen LogP contribution is -2.30. The lowest BCUT2D eigenvalue weighted by molar-refractivity contribution is -0.120. The van der Waals surface area contributed by atoms with E-state index in [0.29, 0.717) is 18.0 Å². The van der Waals surface area contributed by atoms with Crippen molar-refractivity contribution in [2.75, 3.05) is 0 Å². The van der Waals surface area contributed by atoms with Gasteiger partial charge in [0.2, 0.25) is 0 Å². The molecule has 2 aromatic rings. The Bertz CT molecular complexity index is 743. The Morgan fingerprint density at radius 1 is 0.958 bits per heavy atom. The summed E-state index contributed by atoms with van der Waals surface area (Å²) in [7, 11) is 0. The van der Waals surface area contributed by atoms with Gasteiger partial charge < -0.3 is 9.84 Å². The summed E-state index contributed by atoms with van der Waals surface area (Å²) in [6.07, 6.45) is 5.87. The number of rotatable bonds is 4. The topological polar surface area (TPSA) is 46.5 Å². The molecule has 1 N–H and O–H groups in total. The molecule has 3 rings (SSSR count). The number of hydrogen-bond donors (Lipinski definition) is 1. The van der Waals surface area contributed by atoms with Crippen molar-refractivity contribution in [2.45, 2.75) is 51.4 Å². The van der Waals surface area contributed by atoms with Crippen LogP contribution < -0.4 is 4.74 Å². The first-order valence-corrected chi connectivity index (χ1v) is 8.58. The Kier molecular flexibility index (Phi) is 4.61. The first-order chi connectivity index (χ1) is 11.6. The molecule has 0 atom stereocenters. The summed E-state index contributed by atoms with van der Waals surface area (Å²) in [6.45, 7) is 4.39. The molecule has 0 aliphatic heterocycles. The van der Waals surface area contributed by atoms with E-state index in [1.807, 2.05) is 19.9 Å². The second-order valence-electron chi connectivity index (χ2n) is 6.84. The van der Waals surface area contributed by atoms with Crippen molar-refractivity contribution >= 4 is 6.47 Å². The molecule has 0 aromatic heterocycles. The molecule has 0 saturated heterocycles. The normalized spacial score (nSPS) is 16.6. The molecule has 3 heteroatoms. The minimum absolute atomic E-state index is 0.0266. The van der Waals surface area contributed by atoms with Crippen molar-refractivity contribution in [1.82, 2.24) is 0 Å². The van der Waals surface area contributed by atoms with Gasteiger partial charge in [0.15, 0.2) is 0 Å². The summed E-state index contributed by atoms with van der Waals surface area (Å²) >= 11 is 0. The summed E-state index contributed by atoms with van der Waals surface area (Å²) in [4.78, 5) is 10.6. The minimum Gasteiger partial charge on any atom is -0.508 e. The lowest BCUT2D eigenvalue weighted by Gasteiger charge is -2.39. The first kappa shape index (κ1) is 16.6.